The molecule has 2 heterocycles. The number of halogens is 1. The fourth-order valence-electron chi connectivity index (χ4n) is 3.70. The molecule has 6 heteroatoms. The van der Waals surface area contributed by atoms with Crippen molar-refractivity contribution in [3.8, 4) is 11.5 Å². The fraction of sp³-hybridized carbons (Fsp3) is 0.632. The van der Waals surface area contributed by atoms with E-state index in [0.717, 1.165) is 36.6 Å². The number of fused-ring (bicyclic) bond motifs is 1. The van der Waals surface area contributed by atoms with Gasteiger partial charge in [0.15, 0.2) is 11.5 Å². The molecule has 3 aliphatic rings. The number of amides is 1. The van der Waals surface area contributed by atoms with Crippen molar-refractivity contribution in [2.45, 2.75) is 38.1 Å². The van der Waals surface area contributed by atoms with Crippen molar-refractivity contribution in [3.63, 3.8) is 0 Å². The molecule has 5 nitrogen and oxygen atoms in total. The summed E-state index contributed by atoms with van der Waals surface area (Å²) in [6.45, 7) is 3.34. The Morgan fingerprint density at radius 3 is 2.72 bits per heavy atom. The number of carbonyl (C=O) groups excluding carboxylic acids is 1. The molecule has 1 amide bonds. The molecule has 0 spiro atoms. The van der Waals surface area contributed by atoms with Crippen LogP contribution in [-0.4, -0.2) is 32.2 Å². The van der Waals surface area contributed by atoms with Gasteiger partial charge in [-0.1, -0.05) is 6.07 Å². The van der Waals surface area contributed by atoms with E-state index in [4.69, 9.17) is 9.47 Å². The molecule has 0 bridgehead atoms. The van der Waals surface area contributed by atoms with Gasteiger partial charge < -0.3 is 20.1 Å². The summed E-state index contributed by atoms with van der Waals surface area (Å²) in [6, 6.07) is 6.18. The maximum atomic E-state index is 12.4. The lowest BCUT2D eigenvalue weighted by molar-refractivity contribution is -0.122. The van der Waals surface area contributed by atoms with Gasteiger partial charge in [0, 0.05) is 6.42 Å². The third kappa shape index (κ3) is 4.59. The number of nitrogens with one attached hydrogen (secondary N) is 2. The smallest absolute Gasteiger partial charge is 0.220 e. The predicted molar refractivity (Wildman–Crippen MR) is 98.5 cm³/mol. The Bertz CT molecular complexity index is 600. The van der Waals surface area contributed by atoms with Crippen LogP contribution < -0.4 is 20.1 Å². The minimum absolute atomic E-state index is 0. The van der Waals surface area contributed by atoms with E-state index in [1.165, 1.54) is 19.3 Å². The molecule has 2 N–H and O–H groups in total. The van der Waals surface area contributed by atoms with E-state index < -0.39 is 0 Å². The van der Waals surface area contributed by atoms with Crippen LogP contribution in [-0.2, 0) is 4.79 Å². The van der Waals surface area contributed by atoms with Crippen molar-refractivity contribution in [1.82, 2.24) is 10.6 Å². The van der Waals surface area contributed by atoms with Gasteiger partial charge in [0.2, 0.25) is 5.91 Å². The lowest BCUT2D eigenvalue weighted by Crippen LogP contribution is -2.30. The Balaban J connectivity index is 0.00000182. The molecule has 1 saturated carbocycles. The van der Waals surface area contributed by atoms with Gasteiger partial charge >= 0.3 is 0 Å². The molecule has 2 atom stereocenters. The zero-order chi connectivity index (χ0) is 16.4. The molecule has 2 aliphatic heterocycles. The lowest BCUT2D eigenvalue weighted by atomic mass is 9.99. The maximum absolute atomic E-state index is 12.4. The second kappa shape index (κ2) is 8.28. The minimum atomic E-state index is 0. The van der Waals surface area contributed by atoms with Crippen LogP contribution in [0.4, 0.5) is 0 Å². The van der Waals surface area contributed by atoms with Gasteiger partial charge in [-0.3, -0.25) is 4.79 Å². The van der Waals surface area contributed by atoms with Crippen LogP contribution in [0.1, 0.15) is 43.7 Å². The third-order valence-corrected chi connectivity index (χ3v) is 5.28. The number of rotatable bonds is 6. The summed E-state index contributed by atoms with van der Waals surface area (Å²) < 4.78 is 11.3. The van der Waals surface area contributed by atoms with Crippen LogP contribution >= 0.6 is 12.4 Å². The summed E-state index contributed by atoms with van der Waals surface area (Å²) in [4.78, 5) is 12.4. The van der Waals surface area contributed by atoms with Crippen LogP contribution in [0.2, 0.25) is 0 Å². The summed E-state index contributed by atoms with van der Waals surface area (Å²) in [5, 5.41) is 6.63. The van der Waals surface area contributed by atoms with Gasteiger partial charge in [-0.25, -0.2) is 0 Å². The summed E-state index contributed by atoms with van der Waals surface area (Å²) in [5.74, 6) is 3.00. The molecule has 1 aromatic rings. The van der Waals surface area contributed by atoms with Crippen LogP contribution in [0, 0.1) is 11.8 Å². The van der Waals surface area contributed by atoms with E-state index in [1.54, 1.807) is 0 Å². The first-order valence-electron chi connectivity index (χ1n) is 9.19. The highest BCUT2D eigenvalue weighted by Crippen LogP contribution is 2.43. The second-order valence-corrected chi connectivity index (χ2v) is 7.18. The molecule has 0 radical (unpaired) electrons. The Morgan fingerprint density at radius 2 is 2.00 bits per heavy atom. The normalized spacial score (nSPS) is 22.8. The van der Waals surface area contributed by atoms with Gasteiger partial charge in [0.25, 0.3) is 0 Å². The third-order valence-electron chi connectivity index (χ3n) is 5.28. The number of hydrogen-bond acceptors (Lipinski definition) is 4. The van der Waals surface area contributed by atoms with Crippen molar-refractivity contribution in [1.29, 1.82) is 0 Å². The molecular formula is C19H27ClN2O3. The molecule has 1 saturated heterocycles. The lowest BCUT2D eigenvalue weighted by Gasteiger charge is -2.23. The Morgan fingerprint density at radius 1 is 1.20 bits per heavy atom. The van der Waals surface area contributed by atoms with Crippen LogP contribution in [0.3, 0.4) is 0 Å². The topological polar surface area (TPSA) is 59.6 Å². The summed E-state index contributed by atoms with van der Waals surface area (Å²) >= 11 is 0. The van der Waals surface area contributed by atoms with Crippen molar-refractivity contribution in [2.24, 2.45) is 11.8 Å². The van der Waals surface area contributed by atoms with E-state index in [1.807, 2.05) is 12.1 Å². The van der Waals surface area contributed by atoms with Crippen molar-refractivity contribution in [2.75, 3.05) is 26.3 Å². The first kappa shape index (κ1) is 18.3. The zero-order valence-electron chi connectivity index (χ0n) is 14.5. The van der Waals surface area contributed by atoms with Crippen molar-refractivity contribution >= 4 is 18.3 Å². The summed E-state index contributed by atoms with van der Waals surface area (Å²) in [6.07, 6.45) is 5.18. The maximum Gasteiger partial charge on any atom is 0.220 e. The standard InChI is InChI=1S/C19H26N2O3.ClH/c22-18(6-1-13-7-8-20-12-13)21-19(14-2-3-14)15-4-5-16-17(11-15)24-10-9-23-16;/h4-5,11,13-14,19-20H,1-3,6-10,12H2,(H,21,22);1H. The fourth-order valence-corrected chi connectivity index (χ4v) is 3.70. The average Bonchev–Trinajstić information content (AvgIpc) is 3.32. The zero-order valence-corrected chi connectivity index (χ0v) is 15.3. The van der Waals surface area contributed by atoms with Gasteiger partial charge in [-0.2, -0.15) is 0 Å². The monoisotopic (exact) mass is 366 g/mol. The SMILES string of the molecule is Cl.O=C(CCC1CCNC1)NC(c1ccc2c(c1)OCCO2)C1CC1. The van der Waals surface area contributed by atoms with Crippen LogP contribution in [0.5, 0.6) is 11.5 Å². The molecule has 2 unspecified atom stereocenters. The highest BCUT2D eigenvalue weighted by Gasteiger charge is 2.34. The van der Waals surface area contributed by atoms with E-state index in [2.05, 4.69) is 16.7 Å². The molecule has 4 rings (SSSR count). The van der Waals surface area contributed by atoms with Crippen molar-refractivity contribution < 1.29 is 14.3 Å². The molecule has 2 fully saturated rings. The van der Waals surface area contributed by atoms with Gasteiger partial charge in [-0.05, 0) is 68.3 Å². The predicted octanol–water partition coefficient (Wildman–Crippen LogP) is 2.84. The Hall–Kier alpha value is -1.46. The summed E-state index contributed by atoms with van der Waals surface area (Å²) in [5.41, 5.74) is 1.14. The average molecular weight is 367 g/mol. The molecular weight excluding hydrogens is 340 g/mol. The van der Waals surface area contributed by atoms with Gasteiger partial charge in [0.05, 0.1) is 6.04 Å². The highest BCUT2D eigenvalue weighted by atomic mass is 35.5. The van der Waals surface area contributed by atoms with Crippen molar-refractivity contribution in [3.05, 3.63) is 23.8 Å². The molecule has 138 valence electrons. The molecule has 1 aromatic carbocycles. The van der Waals surface area contributed by atoms with Crippen LogP contribution in [0.25, 0.3) is 0 Å². The number of hydrogen-bond donors (Lipinski definition) is 2. The molecule has 25 heavy (non-hydrogen) atoms. The van der Waals surface area contributed by atoms with Gasteiger partial charge in [0.1, 0.15) is 13.2 Å². The highest BCUT2D eigenvalue weighted by molar-refractivity contribution is 5.85. The quantitative estimate of drug-likeness (QED) is 0.812. The second-order valence-electron chi connectivity index (χ2n) is 7.18. The Kier molecular flexibility index (Phi) is 6.07. The van der Waals surface area contributed by atoms with Gasteiger partial charge in [-0.15, -0.1) is 12.4 Å². The first-order chi connectivity index (χ1) is 11.8. The van der Waals surface area contributed by atoms with E-state index in [0.29, 0.717) is 31.5 Å². The Labute approximate surface area is 155 Å². The minimum Gasteiger partial charge on any atom is -0.486 e. The van der Waals surface area contributed by atoms with Crippen LogP contribution in [0.15, 0.2) is 18.2 Å². The summed E-state index contributed by atoms with van der Waals surface area (Å²) in [7, 11) is 0. The largest absolute Gasteiger partial charge is 0.486 e. The molecule has 0 aromatic heterocycles. The van der Waals surface area contributed by atoms with E-state index in [9.17, 15) is 4.79 Å². The first-order valence-corrected chi connectivity index (χ1v) is 9.19. The number of carbonyl (C=O) groups is 1. The number of ether oxygens (including phenoxy) is 2. The van der Waals surface area contributed by atoms with E-state index in [-0.39, 0.29) is 24.4 Å². The molecule has 1 aliphatic carbocycles. The number of benzene rings is 1. The van der Waals surface area contributed by atoms with E-state index >= 15 is 0 Å².